The second-order valence-electron chi connectivity index (χ2n) is 3.31. The van der Waals surface area contributed by atoms with Crippen LogP contribution < -0.4 is 21.9 Å². The second-order valence-corrected chi connectivity index (χ2v) is 3.31. The Labute approximate surface area is 111 Å². The Morgan fingerprint density at radius 3 is 1.56 bits per heavy atom. The number of carbonyl (C=O) groups is 1. The lowest BCUT2D eigenvalue weighted by atomic mass is 10.4. The van der Waals surface area contributed by atoms with Gasteiger partial charge in [0, 0.05) is 5.57 Å². The van der Waals surface area contributed by atoms with Crippen molar-refractivity contribution in [3.8, 4) is 0 Å². The fourth-order valence-corrected chi connectivity index (χ4v) is 1.00. The number of esters is 1. The highest BCUT2D eigenvalue weighted by atomic mass is 79.9. The van der Waals surface area contributed by atoms with E-state index in [0.717, 1.165) is 0 Å². The van der Waals surface area contributed by atoms with Crippen molar-refractivity contribution in [3.63, 3.8) is 0 Å². The molecule has 0 spiro atoms. The summed E-state index contributed by atoms with van der Waals surface area (Å²) in [6, 6.07) is 0. The predicted octanol–water partition coefficient (Wildman–Crippen LogP) is -1.94. The Bertz CT molecular complexity index is 174. The van der Waals surface area contributed by atoms with E-state index in [1.807, 2.05) is 0 Å². The molecule has 0 aliphatic carbocycles. The third-order valence-corrected chi connectivity index (χ3v) is 2.12. The summed E-state index contributed by atoms with van der Waals surface area (Å²) in [5.41, 5.74) is 0.451. The Morgan fingerprint density at radius 1 is 1.12 bits per heavy atom. The molecular weight excluding hydrogens is 270 g/mol. The summed E-state index contributed by atoms with van der Waals surface area (Å²) in [6.07, 6.45) is 0. The molecule has 0 atom stereocenters. The van der Waals surface area contributed by atoms with Gasteiger partial charge in [0.15, 0.2) is 0 Å². The molecule has 98 valence electrons. The van der Waals surface area contributed by atoms with E-state index in [1.165, 1.54) is 19.6 Å². The van der Waals surface area contributed by atoms with Crippen molar-refractivity contribution in [2.45, 2.75) is 34.6 Å². The van der Waals surface area contributed by atoms with Crippen LogP contribution in [0.2, 0.25) is 0 Å². The first-order valence-corrected chi connectivity index (χ1v) is 5.69. The maximum Gasteiger partial charge on any atom is 0.333 e. The molecular formula is C12H26BrNO2. The van der Waals surface area contributed by atoms with E-state index in [-0.39, 0.29) is 23.0 Å². The van der Waals surface area contributed by atoms with Gasteiger partial charge < -0.3 is 26.6 Å². The normalized spacial score (nSPS) is 8.62. The minimum absolute atomic E-state index is 0. The minimum Gasteiger partial charge on any atom is -1.00 e. The number of ether oxygens (including phenoxy) is 1. The third kappa shape index (κ3) is 13.7. The zero-order valence-electron chi connectivity index (χ0n) is 11.2. The monoisotopic (exact) mass is 295 g/mol. The lowest BCUT2D eigenvalue weighted by Crippen LogP contribution is -3.11. The summed E-state index contributed by atoms with van der Waals surface area (Å²) in [5, 5.41) is 0. The highest BCUT2D eigenvalue weighted by Crippen LogP contribution is 1.89. The smallest absolute Gasteiger partial charge is 0.333 e. The quantitative estimate of drug-likeness (QED) is 0.473. The fourth-order valence-electron chi connectivity index (χ4n) is 1.00. The van der Waals surface area contributed by atoms with Crippen molar-refractivity contribution >= 4 is 5.97 Å². The number of quaternary nitrogens is 1. The predicted molar refractivity (Wildman–Crippen MR) is 64.0 cm³/mol. The van der Waals surface area contributed by atoms with Crippen molar-refractivity contribution in [1.82, 2.24) is 0 Å². The van der Waals surface area contributed by atoms with Gasteiger partial charge in [-0.05, 0) is 34.6 Å². The molecule has 0 radical (unpaired) electrons. The van der Waals surface area contributed by atoms with Crippen molar-refractivity contribution in [3.05, 3.63) is 12.2 Å². The molecule has 0 fully saturated rings. The average Bonchev–Trinajstić information content (AvgIpc) is 2.21. The van der Waals surface area contributed by atoms with Gasteiger partial charge in [-0.25, -0.2) is 4.79 Å². The van der Waals surface area contributed by atoms with E-state index in [0.29, 0.717) is 12.2 Å². The maximum absolute atomic E-state index is 10.4. The molecule has 16 heavy (non-hydrogen) atoms. The molecule has 0 aliphatic rings. The van der Waals surface area contributed by atoms with Gasteiger partial charge in [0.2, 0.25) is 0 Å². The molecule has 4 heteroatoms. The minimum atomic E-state index is -0.312. The van der Waals surface area contributed by atoms with E-state index in [2.05, 4.69) is 32.1 Å². The van der Waals surface area contributed by atoms with Crippen LogP contribution in [-0.2, 0) is 9.53 Å². The Hall–Kier alpha value is -0.350. The van der Waals surface area contributed by atoms with Gasteiger partial charge >= 0.3 is 5.97 Å². The largest absolute Gasteiger partial charge is 1.00 e. The number of nitrogens with one attached hydrogen (secondary N) is 1. The molecule has 0 aromatic rings. The molecule has 1 N–H and O–H groups in total. The molecule has 0 amide bonds. The number of hydrogen-bond acceptors (Lipinski definition) is 2. The van der Waals surface area contributed by atoms with E-state index < -0.39 is 0 Å². The lowest BCUT2D eigenvalue weighted by molar-refractivity contribution is -0.894. The van der Waals surface area contributed by atoms with Gasteiger partial charge in [-0.2, -0.15) is 0 Å². The molecule has 0 heterocycles. The summed E-state index contributed by atoms with van der Waals surface area (Å²) < 4.78 is 4.56. The first kappa shape index (κ1) is 21.0. The van der Waals surface area contributed by atoms with Gasteiger partial charge in [0.05, 0.1) is 26.2 Å². The molecule has 0 aromatic carbocycles. The second kappa shape index (κ2) is 14.6. The zero-order valence-corrected chi connectivity index (χ0v) is 12.8. The van der Waals surface area contributed by atoms with Gasteiger partial charge in [-0.1, -0.05) is 6.58 Å². The summed E-state index contributed by atoms with van der Waals surface area (Å²) in [5.74, 6) is -0.312. The first-order chi connectivity index (χ1) is 7.03. The highest BCUT2D eigenvalue weighted by molar-refractivity contribution is 5.86. The summed E-state index contributed by atoms with van der Waals surface area (Å²) in [6.45, 7) is 17.7. The Morgan fingerprint density at radius 2 is 1.50 bits per heavy atom. The van der Waals surface area contributed by atoms with Gasteiger partial charge in [0.1, 0.15) is 0 Å². The topological polar surface area (TPSA) is 30.7 Å². The van der Waals surface area contributed by atoms with Gasteiger partial charge in [0.25, 0.3) is 0 Å². The standard InChI is InChI=1S/C6H15N.C6H10O2.BrH/c1-4-7(5-2)6-3;1-4-8-6(7)5(2)3;/h4-6H2,1-3H3;2,4H2,1,3H3;1H. The maximum atomic E-state index is 10.4. The highest BCUT2D eigenvalue weighted by Gasteiger charge is 1.98. The molecule has 0 aromatic heterocycles. The van der Waals surface area contributed by atoms with E-state index in [1.54, 1.807) is 18.7 Å². The Balaban J connectivity index is -0.000000200. The van der Waals surface area contributed by atoms with E-state index in [4.69, 9.17) is 0 Å². The van der Waals surface area contributed by atoms with Crippen LogP contribution in [0.1, 0.15) is 34.6 Å². The molecule has 0 aliphatic heterocycles. The summed E-state index contributed by atoms with van der Waals surface area (Å²) in [7, 11) is 0. The molecule has 0 unspecified atom stereocenters. The SMILES string of the molecule is C=C(C)C(=O)OCC.CC[NH+](CC)CC.[Br-]. The van der Waals surface area contributed by atoms with Crippen molar-refractivity contribution in [1.29, 1.82) is 0 Å². The molecule has 0 bridgehead atoms. The van der Waals surface area contributed by atoms with Crippen LogP contribution in [0.5, 0.6) is 0 Å². The zero-order chi connectivity index (χ0) is 12.3. The van der Waals surface area contributed by atoms with Crippen molar-refractivity contribution < 1.29 is 31.4 Å². The van der Waals surface area contributed by atoms with E-state index in [9.17, 15) is 4.79 Å². The number of halogens is 1. The van der Waals surface area contributed by atoms with Crippen molar-refractivity contribution in [2.75, 3.05) is 26.2 Å². The molecule has 3 nitrogen and oxygen atoms in total. The number of hydrogen-bond donors (Lipinski definition) is 1. The van der Waals surface area contributed by atoms with Crippen LogP contribution in [0.15, 0.2) is 12.2 Å². The van der Waals surface area contributed by atoms with Crippen LogP contribution in [0.4, 0.5) is 0 Å². The molecule has 0 saturated heterocycles. The third-order valence-electron chi connectivity index (χ3n) is 2.12. The first-order valence-electron chi connectivity index (χ1n) is 5.69. The van der Waals surface area contributed by atoms with Crippen LogP contribution in [-0.4, -0.2) is 32.2 Å². The number of carbonyl (C=O) groups excluding carboxylic acids is 1. The van der Waals surface area contributed by atoms with Crippen LogP contribution in [0.25, 0.3) is 0 Å². The summed E-state index contributed by atoms with van der Waals surface area (Å²) >= 11 is 0. The molecule has 0 rings (SSSR count). The van der Waals surface area contributed by atoms with Gasteiger partial charge in [-0.3, -0.25) is 0 Å². The van der Waals surface area contributed by atoms with E-state index >= 15 is 0 Å². The average molecular weight is 296 g/mol. The van der Waals surface area contributed by atoms with Crippen LogP contribution in [0.3, 0.4) is 0 Å². The van der Waals surface area contributed by atoms with Crippen LogP contribution >= 0.6 is 0 Å². The number of rotatable bonds is 5. The van der Waals surface area contributed by atoms with Crippen molar-refractivity contribution in [2.24, 2.45) is 0 Å². The summed E-state index contributed by atoms with van der Waals surface area (Å²) in [4.78, 5) is 12.1. The van der Waals surface area contributed by atoms with Gasteiger partial charge in [-0.15, -0.1) is 0 Å². The van der Waals surface area contributed by atoms with Crippen LogP contribution in [0, 0.1) is 0 Å². The fraction of sp³-hybridized carbons (Fsp3) is 0.750. The Kier molecular flexibility index (Phi) is 19.2. The lowest BCUT2D eigenvalue weighted by Gasteiger charge is -2.10. The molecule has 0 saturated carbocycles.